The van der Waals surface area contributed by atoms with Crippen molar-refractivity contribution in [3.05, 3.63) is 77.7 Å². The van der Waals surface area contributed by atoms with Crippen LogP contribution >= 0.6 is 0 Å². The van der Waals surface area contributed by atoms with Gasteiger partial charge in [0.2, 0.25) is 0 Å². The van der Waals surface area contributed by atoms with E-state index < -0.39 is 0 Å². The molecule has 0 amide bonds. The van der Waals surface area contributed by atoms with E-state index in [1.54, 1.807) is 0 Å². The molecule has 4 aromatic rings. The summed E-state index contributed by atoms with van der Waals surface area (Å²) in [7, 11) is 0. The first-order valence-corrected chi connectivity index (χ1v) is 12.4. The normalized spacial score (nSPS) is 15.2. The highest BCUT2D eigenvalue weighted by atomic mass is 15.3. The predicted molar refractivity (Wildman–Crippen MR) is 138 cm³/mol. The Morgan fingerprint density at radius 3 is 2.56 bits per heavy atom. The van der Waals surface area contributed by atoms with Crippen molar-refractivity contribution in [3.8, 4) is 5.69 Å². The van der Waals surface area contributed by atoms with Gasteiger partial charge in [0.15, 0.2) is 5.65 Å². The van der Waals surface area contributed by atoms with E-state index in [2.05, 4.69) is 67.0 Å². The van der Waals surface area contributed by atoms with Gasteiger partial charge in [0.25, 0.3) is 0 Å². The summed E-state index contributed by atoms with van der Waals surface area (Å²) in [6.45, 7) is 11.7. The lowest BCUT2D eigenvalue weighted by molar-refractivity contribution is 0.285. The van der Waals surface area contributed by atoms with Gasteiger partial charge in [-0.3, -0.25) is 4.90 Å². The molecule has 1 fully saturated rings. The van der Waals surface area contributed by atoms with Gasteiger partial charge in [-0.25, -0.2) is 14.6 Å². The molecule has 3 heterocycles. The van der Waals surface area contributed by atoms with Crippen molar-refractivity contribution < 1.29 is 0 Å². The van der Waals surface area contributed by atoms with E-state index in [0.717, 1.165) is 73.9 Å². The minimum atomic E-state index is 0.493. The summed E-state index contributed by atoms with van der Waals surface area (Å²) in [4.78, 5) is 15.0. The fourth-order valence-corrected chi connectivity index (χ4v) is 4.80. The van der Waals surface area contributed by atoms with Crippen molar-refractivity contribution in [1.82, 2.24) is 24.6 Å². The van der Waals surface area contributed by atoms with Crippen LogP contribution in [0.15, 0.2) is 60.8 Å². The third kappa shape index (κ3) is 4.97. The maximum Gasteiger partial charge on any atom is 0.168 e. The Morgan fingerprint density at radius 1 is 0.912 bits per heavy atom. The quantitative estimate of drug-likeness (QED) is 0.409. The smallest absolute Gasteiger partial charge is 0.168 e. The Hall–Kier alpha value is -3.25. The van der Waals surface area contributed by atoms with Gasteiger partial charge in [-0.1, -0.05) is 61.9 Å². The van der Waals surface area contributed by atoms with Crippen molar-refractivity contribution in [2.24, 2.45) is 5.92 Å². The maximum absolute atomic E-state index is 5.08. The van der Waals surface area contributed by atoms with Gasteiger partial charge in [0.05, 0.1) is 17.3 Å². The van der Waals surface area contributed by atoms with Crippen LogP contribution in [0.4, 0.5) is 5.82 Å². The molecule has 2 aromatic carbocycles. The topological polar surface area (TPSA) is 50.1 Å². The molecule has 0 bridgehead atoms. The van der Waals surface area contributed by atoms with Gasteiger partial charge in [-0.15, -0.1) is 0 Å². The highest BCUT2D eigenvalue weighted by Crippen LogP contribution is 2.27. The first-order chi connectivity index (χ1) is 16.6. The van der Waals surface area contributed by atoms with E-state index in [1.807, 2.05) is 29.1 Å². The van der Waals surface area contributed by atoms with Crippen molar-refractivity contribution in [1.29, 1.82) is 0 Å². The first kappa shape index (κ1) is 22.5. The molecular formula is C28H34N6. The number of fused-ring (bicyclic) bond motifs is 1. The van der Waals surface area contributed by atoms with Gasteiger partial charge in [-0.2, -0.15) is 5.10 Å². The average molecular weight is 455 g/mol. The molecule has 0 atom stereocenters. The second-order valence-electron chi connectivity index (χ2n) is 9.80. The van der Waals surface area contributed by atoms with E-state index >= 15 is 0 Å². The molecule has 0 radical (unpaired) electrons. The maximum atomic E-state index is 5.08. The average Bonchev–Trinajstić information content (AvgIpc) is 3.11. The molecule has 1 aliphatic rings. The highest BCUT2D eigenvalue weighted by Gasteiger charge is 2.22. The molecule has 0 spiro atoms. The lowest BCUT2D eigenvalue weighted by Gasteiger charge is -2.24. The van der Waals surface area contributed by atoms with Crippen molar-refractivity contribution in [3.63, 3.8) is 0 Å². The van der Waals surface area contributed by atoms with E-state index in [-0.39, 0.29) is 0 Å². The minimum absolute atomic E-state index is 0.493. The summed E-state index contributed by atoms with van der Waals surface area (Å²) < 4.78 is 1.95. The molecule has 1 aliphatic heterocycles. The molecule has 6 heteroatoms. The van der Waals surface area contributed by atoms with Crippen LogP contribution in [-0.4, -0.2) is 50.8 Å². The van der Waals surface area contributed by atoms with E-state index in [0.29, 0.717) is 5.92 Å². The lowest BCUT2D eigenvalue weighted by atomic mass is 10.1. The lowest BCUT2D eigenvalue weighted by Crippen LogP contribution is -2.31. The molecular weight excluding hydrogens is 420 g/mol. The number of aromatic nitrogens is 4. The Morgan fingerprint density at radius 2 is 1.76 bits per heavy atom. The van der Waals surface area contributed by atoms with E-state index in [9.17, 15) is 0 Å². The van der Waals surface area contributed by atoms with Crippen molar-refractivity contribution >= 4 is 16.9 Å². The summed E-state index contributed by atoms with van der Waals surface area (Å²) in [6.07, 6.45) is 3.91. The van der Waals surface area contributed by atoms with Gasteiger partial charge >= 0.3 is 0 Å². The number of benzene rings is 2. The number of aryl methyl sites for hydroxylation is 1. The number of anilines is 1. The molecule has 0 saturated carbocycles. The molecule has 0 aliphatic carbocycles. The monoisotopic (exact) mass is 454 g/mol. The molecule has 176 valence electrons. The summed E-state index contributed by atoms with van der Waals surface area (Å²) in [5, 5.41) is 5.75. The summed E-state index contributed by atoms with van der Waals surface area (Å²) in [5.74, 6) is 2.42. The SMILES string of the molecule is Cc1cccc(CN2CCCN(c3nc(CC(C)C)nc4c3cnn4-c3ccccc3)CC2)c1. The molecule has 0 N–H and O–H groups in total. The Labute approximate surface area is 202 Å². The van der Waals surface area contributed by atoms with Gasteiger partial charge in [-0.05, 0) is 37.0 Å². The van der Waals surface area contributed by atoms with Gasteiger partial charge in [0, 0.05) is 39.1 Å². The standard InChI is InChI=1S/C28H34N6/c1-21(2)17-26-30-27(25-19-29-34(28(25)31-26)24-11-5-4-6-12-24)33-14-8-13-32(15-16-33)20-23-10-7-9-22(3)18-23/h4-7,9-12,18-19,21H,8,13-17,20H2,1-3H3. The van der Waals surface area contributed by atoms with Gasteiger partial charge in [0.1, 0.15) is 11.6 Å². The zero-order chi connectivity index (χ0) is 23.5. The highest BCUT2D eigenvalue weighted by molar-refractivity contribution is 5.88. The fraction of sp³-hybridized carbons (Fsp3) is 0.393. The zero-order valence-electron chi connectivity index (χ0n) is 20.5. The number of rotatable bonds is 6. The second kappa shape index (κ2) is 9.94. The van der Waals surface area contributed by atoms with Crippen molar-refractivity contribution in [2.75, 3.05) is 31.1 Å². The molecule has 2 aromatic heterocycles. The van der Waals surface area contributed by atoms with E-state index in [1.165, 1.54) is 11.1 Å². The Balaban J connectivity index is 1.44. The van der Waals surface area contributed by atoms with Crippen LogP contribution in [0.2, 0.25) is 0 Å². The third-order valence-electron chi connectivity index (χ3n) is 6.42. The zero-order valence-corrected chi connectivity index (χ0v) is 20.5. The Bertz CT molecular complexity index is 1250. The van der Waals surface area contributed by atoms with Crippen LogP contribution in [-0.2, 0) is 13.0 Å². The second-order valence-corrected chi connectivity index (χ2v) is 9.80. The van der Waals surface area contributed by atoms with Crippen LogP contribution in [0.1, 0.15) is 37.2 Å². The van der Waals surface area contributed by atoms with Crippen LogP contribution in [0.3, 0.4) is 0 Å². The predicted octanol–water partition coefficient (Wildman–Crippen LogP) is 5.03. The van der Waals surface area contributed by atoms with E-state index in [4.69, 9.17) is 15.1 Å². The number of nitrogens with zero attached hydrogens (tertiary/aromatic N) is 6. The first-order valence-electron chi connectivity index (χ1n) is 12.4. The summed E-state index contributed by atoms with van der Waals surface area (Å²) in [5.41, 5.74) is 4.64. The molecule has 1 saturated heterocycles. The molecule has 0 unspecified atom stereocenters. The van der Waals surface area contributed by atoms with Gasteiger partial charge < -0.3 is 4.90 Å². The van der Waals surface area contributed by atoms with Crippen LogP contribution in [0.5, 0.6) is 0 Å². The minimum Gasteiger partial charge on any atom is -0.355 e. The van der Waals surface area contributed by atoms with Crippen LogP contribution in [0, 0.1) is 12.8 Å². The fourth-order valence-electron chi connectivity index (χ4n) is 4.80. The number of hydrogen-bond acceptors (Lipinski definition) is 5. The number of para-hydroxylation sites is 1. The molecule has 5 rings (SSSR count). The summed E-state index contributed by atoms with van der Waals surface area (Å²) >= 11 is 0. The Kier molecular flexibility index (Phi) is 6.59. The largest absolute Gasteiger partial charge is 0.355 e. The van der Waals surface area contributed by atoms with Crippen LogP contribution in [0.25, 0.3) is 16.7 Å². The van der Waals surface area contributed by atoms with Crippen LogP contribution < -0.4 is 4.90 Å². The third-order valence-corrected chi connectivity index (χ3v) is 6.42. The molecule has 6 nitrogen and oxygen atoms in total. The summed E-state index contributed by atoms with van der Waals surface area (Å²) in [6, 6.07) is 19.1. The molecule has 34 heavy (non-hydrogen) atoms. The van der Waals surface area contributed by atoms with Crippen molar-refractivity contribution in [2.45, 2.75) is 40.2 Å². The number of hydrogen-bond donors (Lipinski definition) is 0.